The van der Waals surface area contributed by atoms with Crippen LogP contribution in [0.3, 0.4) is 0 Å². The van der Waals surface area contributed by atoms with Crippen molar-refractivity contribution in [3.05, 3.63) is 42.7 Å². The van der Waals surface area contributed by atoms with Crippen molar-refractivity contribution < 1.29 is 14.3 Å². The van der Waals surface area contributed by atoms with E-state index in [-0.39, 0.29) is 12.0 Å². The minimum Gasteiger partial charge on any atom is -0.490 e. The molecule has 0 aliphatic carbocycles. The van der Waals surface area contributed by atoms with Crippen LogP contribution in [0.2, 0.25) is 0 Å². The second-order valence-corrected chi connectivity index (χ2v) is 9.05. The third-order valence-corrected chi connectivity index (χ3v) is 6.94. The van der Waals surface area contributed by atoms with Gasteiger partial charge in [0.05, 0.1) is 13.2 Å². The molecule has 176 valence electrons. The Bertz CT molecular complexity index is 905. The Kier molecular flexibility index (Phi) is 6.90. The summed E-state index contributed by atoms with van der Waals surface area (Å²) in [6.07, 6.45) is 5.37. The van der Waals surface area contributed by atoms with E-state index in [1.807, 2.05) is 35.2 Å². The molecule has 1 aromatic heterocycles. The highest BCUT2D eigenvalue weighted by molar-refractivity contribution is 5.79. The Balaban J connectivity index is 1.10. The van der Waals surface area contributed by atoms with Gasteiger partial charge in [0.2, 0.25) is 5.91 Å². The molecule has 0 atom stereocenters. The summed E-state index contributed by atoms with van der Waals surface area (Å²) in [6, 6.07) is 12.0. The maximum absolute atomic E-state index is 13.1. The van der Waals surface area contributed by atoms with Gasteiger partial charge in [-0.2, -0.15) is 0 Å². The van der Waals surface area contributed by atoms with Crippen molar-refractivity contribution in [2.45, 2.75) is 31.8 Å². The van der Waals surface area contributed by atoms with E-state index < -0.39 is 0 Å². The molecule has 0 bridgehead atoms. The molecule has 5 rings (SSSR count). The molecule has 1 amide bonds. The standard InChI is InChI=1S/C25H33N5O3/c31-25(30-12-8-22(9-13-30)33-21-4-2-1-3-5-21)20-6-10-28(11-7-20)23-18-24(27-19-26-23)29-14-16-32-17-15-29/h1-5,18-20,22H,6-17H2. The number of amides is 1. The fraction of sp³-hybridized carbons (Fsp3) is 0.560. The van der Waals surface area contributed by atoms with E-state index in [4.69, 9.17) is 9.47 Å². The van der Waals surface area contributed by atoms with Gasteiger partial charge in [0.1, 0.15) is 29.8 Å². The lowest BCUT2D eigenvalue weighted by molar-refractivity contribution is -0.138. The maximum atomic E-state index is 13.1. The number of para-hydroxylation sites is 1. The van der Waals surface area contributed by atoms with Gasteiger partial charge in [-0.25, -0.2) is 9.97 Å². The molecule has 0 radical (unpaired) electrons. The van der Waals surface area contributed by atoms with Crippen LogP contribution in [-0.4, -0.2) is 79.4 Å². The quantitative estimate of drug-likeness (QED) is 0.692. The topological polar surface area (TPSA) is 71.0 Å². The monoisotopic (exact) mass is 451 g/mol. The van der Waals surface area contributed by atoms with Crippen molar-refractivity contribution in [1.29, 1.82) is 0 Å². The average Bonchev–Trinajstić information content (AvgIpc) is 2.90. The summed E-state index contributed by atoms with van der Waals surface area (Å²) in [6.45, 7) is 6.47. The van der Waals surface area contributed by atoms with Crippen LogP contribution >= 0.6 is 0 Å². The summed E-state index contributed by atoms with van der Waals surface area (Å²) >= 11 is 0. The summed E-state index contributed by atoms with van der Waals surface area (Å²) in [5.74, 6) is 3.24. The van der Waals surface area contributed by atoms with E-state index in [9.17, 15) is 4.79 Å². The van der Waals surface area contributed by atoms with E-state index >= 15 is 0 Å². The van der Waals surface area contributed by atoms with Crippen molar-refractivity contribution >= 4 is 17.5 Å². The molecular weight excluding hydrogens is 418 g/mol. The summed E-state index contributed by atoms with van der Waals surface area (Å²) in [4.78, 5) is 28.7. The molecule has 3 aliphatic rings. The van der Waals surface area contributed by atoms with E-state index in [0.717, 1.165) is 95.6 Å². The van der Waals surface area contributed by atoms with Crippen molar-refractivity contribution in [1.82, 2.24) is 14.9 Å². The zero-order chi connectivity index (χ0) is 22.5. The number of anilines is 2. The Hall–Kier alpha value is -2.87. The molecule has 0 spiro atoms. The number of nitrogens with zero attached hydrogens (tertiary/aromatic N) is 5. The highest BCUT2D eigenvalue weighted by Crippen LogP contribution is 2.27. The lowest BCUT2D eigenvalue weighted by atomic mass is 9.94. The predicted octanol–water partition coefficient (Wildman–Crippen LogP) is 2.60. The second-order valence-electron chi connectivity index (χ2n) is 9.05. The summed E-state index contributed by atoms with van der Waals surface area (Å²) in [7, 11) is 0. The fourth-order valence-corrected chi connectivity index (χ4v) is 4.97. The molecule has 0 N–H and O–H groups in total. The first-order valence-corrected chi connectivity index (χ1v) is 12.2. The van der Waals surface area contributed by atoms with Crippen LogP contribution in [0, 0.1) is 5.92 Å². The third-order valence-electron chi connectivity index (χ3n) is 6.94. The molecule has 3 saturated heterocycles. The number of hydrogen-bond donors (Lipinski definition) is 0. The number of rotatable bonds is 5. The molecule has 8 heteroatoms. The number of ether oxygens (including phenoxy) is 2. The molecule has 0 unspecified atom stereocenters. The smallest absolute Gasteiger partial charge is 0.225 e. The van der Waals surface area contributed by atoms with E-state index in [1.54, 1.807) is 6.33 Å². The number of carbonyl (C=O) groups excluding carboxylic acids is 1. The van der Waals surface area contributed by atoms with Crippen molar-refractivity contribution in [3.8, 4) is 5.75 Å². The number of likely N-dealkylation sites (tertiary alicyclic amines) is 1. The van der Waals surface area contributed by atoms with Gasteiger partial charge in [-0.15, -0.1) is 0 Å². The molecule has 33 heavy (non-hydrogen) atoms. The minimum atomic E-state index is 0.105. The van der Waals surface area contributed by atoms with Crippen LogP contribution in [0.15, 0.2) is 42.7 Å². The molecular formula is C25H33N5O3. The third kappa shape index (κ3) is 5.38. The van der Waals surface area contributed by atoms with Gasteiger partial charge in [-0.3, -0.25) is 4.79 Å². The summed E-state index contributed by atoms with van der Waals surface area (Å²) in [5.41, 5.74) is 0. The number of hydrogen-bond acceptors (Lipinski definition) is 7. The Morgan fingerprint density at radius 1 is 0.848 bits per heavy atom. The zero-order valence-electron chi connectivity index (χ0n) is 19.1. The average molecular weight is 452 g/mol. The molecule has 2 aromatic rings. The Labute approximate surface area is 195 Å². The molecule has 3 aliphatic heterocycles. The normalized spacial score (nSPS) is 20.7. The molecule has 3 fully saturated rings. The lowest BCUT2D eigenvalue weighted by Crippen LogP contribution is -2.47. The highest BCUT2D eigenvalue weighted by atomic mass is 16.5. The fourth-order valence-electron chi connectivity index (χ4n) is 4.97. The maximum Gasteiger partial charge on any atom is 0.225 e. The van der Waals surface area contributed by atoms with Crippen LogP contribution in [0.25, 0.3) is 0 Å². The minimum absolute atomic E-state index is 0.105. The van der Waals surface area contributed by atoms with E-state index in [1.165, 1.54) is 0 Å². The van der Waals surface area contributed by atoms with Gasteiger partial charge in [0.15, 0.2) is 0 Å². The summed E-state index contributed by atoms with van der Waals surface area (Å²) in [5, 5.41) is 0. The first kappa shape index (κ1) is 21.9. The number of morpholine rings is 1. The van der Waals surface area contributed by atoms with Crippen LogP contribution in [0.5, 0.6) is 5.75 Å². The summed E-state index contributed by atoms with van der Waals surface area (Å²) < 4.78 is 11.5. The number of aromatic nitrogens is 2. The first-order valence-electron chi connectivity index (χ1n) is 12.2. The van der Waals surface area contributed by atoms with Gasteiger partial charge >= 0.3 is 0 Å². The largest absolute Gasteiger partial charge is 0.490 e. The van der Waals surface area contributed by atoms with Crippen molar-refractivity contribution in [2.24, 2.45) is 5.92 Å². The number of carbonyl (C=O) groups is 1. The van der Waals surface area contributed by atoms with Crippen molar-refractivity contribution in [3.63, 3.8) is 0 Å². The Morgan fingerprint density at radius 2 is 1.48 bits per heavy atom. The van der Waals surface area contributed by atoms with Gasteiger partial charge < -0.3 is 24.2 Å². The number of piperidine rings is 2. The second kappa shape index (κ2) is 10.4. The van der Waals surface area contributed by atoms with Gasteiger partial charge in [-0.1, -0.05) is 18.2 Å². The lowest BCUT2D eigenvalue weighted by Gasteiger charge is -2.37. The van der Waals surface area contributed by atoms with Crippen LogP contribution < -0.4 is 14.5 Å². The van der Waals surface area contributed by atoms with Gasteiger partial charge in [0.25, 0.3) is 0 Å². The van der Waals surface area contributed by atoms with Crippen LogP contribution in [0.1, 0.15) is 25.7 Å². The Morgan fingerprint density at radius 3 is 2.15 bits per heavy atom. The number of benzene rings is 1. The van der Waals surface area contributed by atoms with Crippen LogP contribution in [0.4, 0.5) is 11.6 Å². The molecule has 1 aromatic carbocycles. The zero-order valence-corrected chi connectivity index (χ0v) is 19.1. The van der Waals surface area contributed by atoms with Crippen LogP contribution in [-0.2, 0) is 9.53 Å². The van der Waals surface area contributed by atoms with Gasteiger partial charge in [-0.05, 0) is 25.0 Å². The molecule has 4 heterocycles. The first-order chi connectivity index (χ1) is 16.3. The molecule has 8 nitrogen and oxygen atoms in total. The van der Waals surface area contributed by atoms with E-state index in [0.29, 0.717) is 5.91 Å². The SMILES string of the molecule is O=C(C1CCN(c2cc(N3CCOCC3)ncn2)CC1)N1CCC(Oc2ccccc2)CC1. The predicted molar refractivity (Wildman–Crippen MR) is 127 cm³/mol. The van der Waals surface area contributed by atoms with Gasteiger partial charge in [0, 0.05) is 64.1 Å². The van der Waals surface area contributed by atoms with Crippen molar-refractivity contribution in [2.75, 3.05) is 62.3 Å². The molecule has 0 saturated carbocycles. The van der Waals surface area contributed by atoms with E-state index in [2.05, 4.69) is 25.8 Å². The highest BCUT2D eigenvalue weighted by Gasteiger charge is 2.32.